The van der Waals surface area contributed by atoms with Crippen LogP contribution in [0, 0.1) is 0 Å². The summed E-state index contributed by atoms with van der Waals surface area (Å²) in [6.07, 6.45) is 3.40. The van der Waals surface area contributed by atoms with Gasteiger partial charge in [0, 0.05) is 27.7 Å². The van der Waals surface area contributed by atoms with Gasteiger partial charge in [-0.1, -0.05) is 46.3 Å². The molecule has 0 saturated heterocycles. The Bertz CT molecular complexity index is 1080. The first-order valence-corrected chi connectivity index (χ1v) is 8.92. The first-order valence-electron chi connectivity index (χ1n) is 8.13. The van der Waals surface area contributed by atoms with Crippen molar-refractivity contribution in [2.75, 3.05) is 5.32 Å². The van der Waals surface area contributed by atoms with Crippen molar-refractivity contribution < 1.29 is 4.79 Å². The van der Waals surface area contributed by atoms with Gasteiger partial charge in [0.15, 0.2) is 0 Å². The molecular weight excluding hydrogens is 392 g/mol. The van der Waals surface area contributed by atoms with Gasteiger partial charge in [-0.2, -0.15) is 5.10 Å². The van der Waals surface area contributed by atoms with Gasteiger partial charge in [-0.3, -0.25) is 9.78 Å². The van der Waals surface area contributed by atoms with E-state index in [0.29, 0.717) is 17.9 Å². The first-order chi connectivity index (χ1) is 12.7. The Hall–Kier alpha value is -2.99. The zero-order chi connectivity index (χ0) is 17.9. The molecule has 1 amide bonds. The van der Waals surface area contributed by atoms with E-state index in [1.807, 2.05) is 48.5 Å². The molecule has 0 atom stereocenters. The smallest absolute Gasteiger partial charge is 0.257 e. The number of anilines is 1. The number of carbonyl (C=O) groups excluding carboxylic acids is 1. The average Bonchev–Trinajstić information content (AvgIpc) is 3.10. The number of pyridine rings is 1. The van der Waals surface area contributed by atoms with Crippen LogP contribution < -0.4 is 5.32 Å². The number of aromatic nitrogens is 3. The van der Waals surface area contributed by atoms with Crippen LogP contribution in [0.1, 0.15) is 15.9 Å². The van der Waals surface area contributed by atoms with E-state index >= 15 is 0 Å². The first kappa shape index (κ1) is 16.5. The van der Waals surface area contributed by atoms with Crippen LogP contribution in [0.2, 0.25) is 0 Å². The van der Waals surface area contributed by atoms with Crippen molar-refractivity contribution in [1.82, 2.24) is 14.8 Å². The average molecular weight is 407 g/mol. The zero-order valence-electron chi connectivity index (χ0n) is 13.8. The number of rotatable bonds is 4. The van der Waals surface area contributed by atoms with Gasteiger partial charge in [-0.25, -0.2) is 4.68 Å². The lowest BCUT2D eigenvalue weighted by Gasteiger charge is -2.11. The normalized spacial score (nSPS) is 10.8. The highest BCUT2D eigenvalue weighted by atomic mass is 79.9. The largest absolute Gasteiger partial charge is 0.307 e. The van der Waals surface area contributed by atoms with E-state index in [9.17, 15) is 4.79 Å². The molecule has 6 heteroatoms. The quantitative estimate of drug-likeness (QED) is 0.542. The van der Waals surface area contributed by atoms with Crippen molar-refractivity contribution in [3.63, 3.8) is 0 Å². The summed E-state index contributed by atoms with van der Waals surface area (Å²) >= 11 is 3.55. The maximum absolute atomic E-state index is 12.8. The summed E-state index contributed by atoms with van der Waals surface area (Å²) in [5.41, 5.74) is 2.46. The second kappa shape index (κ2) is 7.09. The molecule has 0 bridgehead atoms. The van der Waals surface area contributed by atoms with Crippen LogP contribution >= 0.6 is 15.9 Å². The highest BCUT2D eigenvalue weighted by Crippen LogP contribution is 2.21. The molecule has 0 aliphatic heterocycles. The monoisotopic (exact) mass is 406 g/mol. The third-order valence-corrected chi connectivity index (χ3v) is 4.90. The van der Waals surface area contributed by atoms with Crippen LogP contribution in [0.5, 0.6) is 0 Å². The number of amides is 1. The molecule has 4 aromatic rings. The Morgan fingerprint density at radius 3 is 2.77 bits per heavy atom. The van der Waals surface area contributed by atoms with E-state index in [2.05, 4.69) is 31.3 Å². The van der Waals surface area contributed by atoms with Crippen LogP contribution in [0.3, 0.4) is 0 Å². The maximum atomic E-state index is 12.8. The summed E-state index contributed by atoms with van der Waals surface area (Å²) in [6, 6.07) is 19.0. The van der Waals surface area contributed by atoms with Gasteiger partial charge in [0.05, 0.1) is 18.3 Å². The molecule has 2 aromatic heterocycles. The van der Waals surface area contributed by atoms with E-state index in [-0.39, 0.29) is 5.91 Å². The summed E-state index contributed by atoms with van der Waals surface area (Å²) < 4.78 is 2.77. The van der Waals surface area contributed by atoms with Gasteiger partial charge < -0.3 is 5.32 Å². The fourth-order valence-electron chi connectivity index (χ4n) is 2.84. The van der Waals surface area contributed by atoms with Crippen LogP contribution in [-0.4, -0.2) is 20.7 Å². The van der Waals surface area contributed by atoms with Crippen molar-refractivity contribution in [2.24, 2.45) is 0 Å². The van der Waals surface area contributed by atoms with Gasteiger partial charge in [0.2, 0.25) is 0 Å². The maximum Gasteiger partial charge on any atom is 0.257 e. The molecule has 0 spiro atoms. The van der Waals surface area contributed by atoms with E-state index < -0.39 is 0 Å². The fourth-order valence-corrected chi connectivity index (χ4v) is 3.25. The minimum Gasteiger partial charge on any atom is -0.307 e. The third kappa shape index (κ3) is 3.23. The lowest BCUT2D eigenvalue weighted by Crippen LogP contribution is -2.16. The number of benzene rings is 2. The number of nitrogens with zero attached hydrogens (tertiary/aromatic N) is 3. The molecule has 128 valence electrons. The molecule has 2 aromatic carbocycles. The lowest BCUT2D eigenvalue weighted by molar-refractivity contribution is 0.102. The Balaban J connectivity index is 1.61. The van der Waals surface area contributed by atoms with Crippen molar-refractivity contribution in [3.05, 3.63) is 88.7 Å². The summed E-state index contributed by atoms with van der Waals surface area (Å²) in [6.45, 7) is 0.557. The molecule has 0 saturated carbocycles. The number of fused-ring (bicyclic) bond motifs is 1. The standard InChI is InChI=1S/C20H15BrN4O/c21-17-8-2-1-5-14(17)13-25-19(10-12-23-25)24-20(26)16-6-3-9-18-15(16)7-4-11-22-18/h1-12H,13H2,(H,24,26). The summed E-state index contributed by atoms with van der Waals surface area (Å²) in [5.74, 6) is 0.462. The highest BCUT2D eigenvalue weighted by Gasteiger charge is 2.13. The van der Waals surface area contributed by atoms with E-state index in [1.165, 1.54) is 0 Å². The second-order valence-electron chi connectivity index (χ2n) is 5.80. The minimum atomic E-state index is -0.183. The molecule has 1 N–H and O–H groups in total. The summed E-state index contributed by atoms with van der Waals surface area (Å²) in [4.78, 5) is 17.1. The van der Waals surface area contributed by atoms with Crippen LogP contribution in [-0.2, 0) is 6.54 Å². The number of nitrogens with one attached hydrogen (secondary N) is 1. The molecule has 0 unspecified atom stereocenters. The minimum absolute atomic E-state index is 0.183. The summed E-state index contributed by atoms with van der Waals surface area (Å²) in [5, 5.41) is 8.11. The Morgan fingerprint density at radius 2 is 1.88 bits per heavy atom. The molecule has 0 aliphatic carbocycles. The molecule has 2 heterocycles. The number of halogens is 1. The lowest BCUT2D eigenvalue weighted by atomic mass is 10.1. The third-order valence-electron chi connectivity index (χ3n) is 4.13. The van der Waals surface area contributed by atoms with Gasteiger partial charge in [0.25, 0.3) is 5.91 Å². The van der Waals surface area contributed by atoms with Crippen LogP contribution in [0.15, 0.2) is 77.5 Å². The molecule has 0 aliphatic rings. The second-order valence-corrected chi connectivity index (χ2v) is 6.65. The van der Waals surface area contributed by atoms with Crippen molar-refractivity contribution in [3.8, 4) is 0 Å². The van der Waals surface area contributed by atoms with Crippen LogP contribution in [0.25, 0.3) is 10.9 Å². The van der Waals surface area contributed by atoms with Gasteiger partial charge in [-0.05, 0) is 29.8 Å². The molecule has 0 fully saturated rings. The zero-order valence-corrected chi connectivity index (χ0v) is 15.3. The molecular formula is C20H15BrN4O. The van der Waals surface area contributed by atoms with Gasteiger partial charge in [0.1, 0.15) is 5.82 Å². The van der Waals surface area contributed by atoms with Crippen molar-refractivity contribution >= 4 is 38.6 Å². The number of carbonyl (C=O) groups is 1. The number of hydrogen-bond acceptors (Lipinski definition) is 3. The summed E-state index contributed by atoms with van der Waals surface area (Å²) in [7, 11) is 0. The van der Waals surface area contributed by atoms with Crippen molar-refractivity contribution in [2.45, 2.75) is 6.54 Å². The molecule has 4 rings (SSSR count). The van der Waals surface area contributed by atoms with E-state index in [0.717, 1.165) is 20.9 Å². The van der Waals surface area contributed by atoms with Crippen LogP contribution in [0.4, 0.5) is 5.82 Å². The fraction of sp³-hybridized carbons (Fsp3) is 0.0500. The Labute approximate surface area is 158 Å². The topological polar surface area (TPSA) is 59.8 Å². The van der Waals surface area contributed by atoms with Gasteiger partial charge >= 0.3 is 0 Å². The predicted octanol–water partition coefficient (Wildman–Crippen LogP) is 4.49. The SMILES string of the molecule is O=C(Nc1ccnn1Cc1ccccc1Br)c1cccc2ncccc12. The highest BCUT2D eigenvalue weighted by molar-refractivity contribution is 9.10. The molecule has 0 radical (unpaired) electrons. The molecule has 5 nitrogen and oxygen atoms in total. The Morgan fingerprint density at radius 1 is 1.00 bits per heavy atom. The van der Waals surface area contributed by atoms with E-state index in [1.54, 1.807) is 29.2 Å². The van der Waals surface area contributed by atoms with Crippen molar-refractivity contribution in [1.29, 1.82) is 0 Å². The predicted molar refractivity (Wildman–Crippen MR) is 105 cm³/mol. The number of hydrogen-bond donors (Lipinski definition) is 1. The van der Waals surface area contributed by atoms with E-state index in [4.69, 9.17) is 0 Å². The van der Waals surface area contributed by atoms with Gasteiger partial charge in [-0.15, -0.1) is 0 Å². The molecule has 26 heavy (non-hydrogen) atoms. The Kier molecular flexibility index (Phi) is 4.50.